The van der Waals surface area contributed by atoms with Crippen LogP contribution in [0.15, 0.2) is 33.7 Å². The molecule has 11 atom stereocenters. The number of aliphatic hydroxyl groups excluding tert-OH is 2. The van der Waals surface area contributed by atoms with Gasteiger partial charge in [-0.25, -0.2) is 4.79 Å². The number of aromatic nitrogens is 2. The number of carbonyl (C=O) groups excluding carboxylic acids is 4. The van der Waals surface area contributed by atoms with Crippen LogP contribution in [0, 0.1) is 11.8 Å². The van der Waals surface area contributed by atoms with Gasteiger partial charge in [-0.2, -0.15) is 0 Å². The second-order valence-corrected chi connectivity index (χ2v) is 15.1. The Morgan fingerprint density at radius 3 is 2.40 bits per heavy atom. The highest BCUT2D eigenvalue weighted by Crippen LogP contribution is 2.39. The molecule has 7 N–H and O–H groups in total. The van der Waals surface area contributed by atoms with Crippen molar-refractivity contribution < 1.29 is 48.3 Å². The molecule has 308 valence electrons. The summed E-state index contributed by atoms with van der Waals surface area (Å²) >= 11 is 0. The van der Waals surface area contributed by atoms with Gasteiger partial charge < -0.3 is 45.5 Å². The SMILES string of the molecule is CCCCCCCCCCC(C)C(=O)O[C@@H]1[C@H](OC)[C@@H]([C@H](C[C@H]2OC(C(=O)N[C@H]3CCC[C@@H](C)NC3=O)=C[C@H](O)[C@@H]2O)C(N)=O)O[C@H]1n1ccc(=O)[nH]c1=O. The molecule has 0 spiro atoms. The van der Waals surface area contributed by atoms with Gasteiger partial charge in [-0.15, -0.1) is 0 Å². The van der Waals surface area contributed by atoms with E-state index in [1.807, 2.05) is 6.92 Å². The molecule has 1 aromatic rings. The summed E-state index contributed by atoms with van der Waals surface area (Å²) in [5.41, 5.74) is 4.35. The summed E-state index contributed by atoms with van der Waals surface area (Å²) in [4.78, 5) is 79.6. The molecule has 1 aromatic heterocycles. The van der Waals surface area contributed by atoms with Gasteiger partial charge in [0.05, 0.1) is 11.8 Å². The summed E-state index contributed by atoms with van der Waals surface area (Å²) in [6.07, 6.45) is 3.14. The maximum Gasteiger partial charge on any atom is 0.330 e. The molecular formula is C38H59N5O12. The third-order valence-electron chi connectivity index (χ3n) is 10.7. The first-order valence-corrected chi connectivity index (χ1v) is 19.6. The lowest BCUT2D eigenvalue weighted by molar-refractivity contribution is -0.164. The number of rotatable bonds is 19. The largest absolute Gasteiger partial charge is 0.482 e. The monoisotopic (exact) mass is 777 g/mol. The molecule has 2 fully saturated rings. The average molecular weight is 778 g/mol. The van der Waals surface area contributed by atoms with Crippen LogP contribution >= 0.6 is 0 Å². The Kier molecular flexibility index (Phi) is 16.5. The standard InChI is InChI=1S/C38H59N5O12/c1-5-6-7-8-9-10-11-12-14-21(2)37(50)55-32-31(52-4)30(54-36(32)43-18-17-28(45)42-38(43)51)23(33(39)47)19-26-29(46)25(44)20-27(53-26)35(49)41-24-16-13-15-22(3)40-34(24)48/h17-18,20-26,29-32,36,44,46H,5-16,19H2,1-4H3,(H2,39,47)(H,40,48)(H,41,49)(H,42,45,51)/t21?,22-,23+,24+,25+,26-,29+,30-,31-,32-,36-/m1/s1. The predicted molar refractivity (Wildman–Crippen MR) is 198 cm³/mol. The number of aromatic amines is 1. The minimum Gasteiger partial charge on any atom is -0.482 e. The summed E-state index contributed by atoms with van der Waals surface area (Å²) < 4.78 is 24.8. The normalized spacial score (nSPS) is 29.2. The van der Waals surface area contributed by atoms with Gasteiger partial charge in [-0.1, -0.05) is 65.2 Å². The number of nitrogens with zero attached hydrogens (tertiary/aromatic N) is 1. The second kappa shape index (κ2) is 20.7. The Bertz CT molecular complexity index is 1610. The first-order valence-electron chi connectivity index (χ1n) is 19.6. The van der Waals surface area contributed by atoms with Crippen LogP contribution in [0.4, 0.5) is 0 Å². The van der Waals surface area contributed by atoms with Gasteiger partial charge in [0.2, 0.25) is 11.8 Å². The molecule has 17 nitrogen and oxygen atoms in total. The number of nitrogens with one attached hydrogen (secondary N) is 3. The molecule has 3 amide bonds. The van der Waals surface area contributed by atoms with Crippen molar-refractivity contribution in [2.24, 2.45) is 17.6 Å². The first-order chi connectivity index (χ1) is 26.2. The highest BCUT2D eigenvalue weighted by Gasteiger charge is 2.54. The number of H-pyrrole nitrogens is 1. The fourth-order valence-electron chi connectivity index (χ4n) is 7.45. The van der Waals surface area contributed by atoms with Crippen LogP contribution in [0.25, 0.3) is 0 Å². The number of methoxy groups -OCH3 is 1. The zero-order valence-electron chi connectivity index (χ0n) is 32.3. The van der Waals surface area contributed by atoms with E-state index in [9.17, 15) is 39.0 Å². The van der Waals surface area contributed by atoms with E-state index >= 15 is 0 Å². The number of nitrogens with two attached hydrogens (primary N) is 1. The lowest BCUT2D eigenvalue weighted by atomic mass is 9.87. The number of hydrogen-bond acceptors (Lipinski definition) is 12. The Balaban J connectivity index is 1.51. The van der Waals surface area contributed by atoms with Crippen LogP contribution in [0.2, 0.25) is 0 Å². The van der Waals surface area contributed by atoms with Crippen molar-refractivity contribution in [2.75, 3.05) is 7.11 Å². The number of esters is 1. The number of primary amides is 1. The van der Waals surface area contributed by atoms with E-state index in [2.05, 4.69) is 22.5 Å². The average Bonchev–Trinajstić information content (AvgIpc) is 3.40. The topological polar surface area (TPSA) is 251 Å². The third-order valence-corrected chi connectivity index (χ3v) is 10.7. The Morgan fingerprint density at radius 1 is 1.05 bits per heavy atom. The summed E-state index contributed by atoms with van der Waals surface area (Å²) in [6.45, 7) is 5.78. The summed E-state index contributed by atoms with van der Waals surface area (Å²) in [6, 6.07) is 0.170. The van der Waals surface area contributed by atoms with Crippen molar-refractivity contribution in [3.05, 3.63) is 44.9 Å². The highest BCUT2D eigenvalue weighted by atomic mass is 16.6. The fraction of sp³-hybridized carbons (Fsp3) is 0.737. The summed E-state index contributed by atoms with van der Waals surface area (Å²) in [7, 11) is 1.30. The van der Waals surface area contributed by atoms with Crippen molar-refractivity contribution >= 4 is 23.7 Å². The lowest BCUT2D eigenvalue weighted by Crippen LogP contribution is -2.51. The quantitative estimate of drug-likeness (QED) is 0.0857. The van der Waals surface area contributed by atoms with Crippen LogP contribution in [-0.2, 0) is 38.1 Å². The Labute approximate surface area is 320 Å². The van der Waals surface area contributed by atoms with Gasteiger partial charge in [0, 0.05) is 31.8 Å². The van der Waals surface area contributed by atoms with E-state index in [4.69, 9.17) is 24.7 Å². The zero-order valence-corrected chi connectivity index (χ0v) is 32.3. The molecule has 1 unspecified atom stereocenters. The van der Waals surface area contributed by atoms with Crippen LogP contribution in [0.5, 0.6) is 0 Å². The van der Waals surface area contributed by atoms with Crippen LogP contribution in [0.1, 0.15) is 110 Å². The number of aliphatic hydroxyl groups is 2. The number of amides is 3. The number of hydrogen-bond donors (Lipinski definition) is 6. The van der Waals surface area contributed by atoms with Gasteiger partial charge in [0.1, 0.15) is 36.6 Å². The molecule has 0 aliphatic carbocycles. The molecule has 0 radical (unpaired) electrons. The van der Waals surface area contributed by atoms with Gasteiger partial charge in [-0.3, -0.25) is 33.5 Å². The van der Waals surface area contributed by atoms with Crippen LogP contribution < -0.4 is 27.6 Å². The predicted octanol–water partition coefficient (Wildman–Crippen LogP) is 1.20. The van der Waals surface area contributed by atoms with E-state index in [-0.39, 0.29) is 17.7 Å². The minimum absolute atomic E-state index is 0.0611. The second-order valence-electron chi connectivity index (χ2n) is 15.1. The maximum atomic E-state index is 13.5. The molecule has 0 aromatic carbocycles. The lowest BCUT2D eigenvalue weighted by Gasteiger charge is -2.35. The fourth-order valence-corrected chi connectivity index (χ4v) is 7.45. The smallest absolute Gasteiger partial charge is 0.330 e. The van der Waals surface area contributed by atoms with Crippen molar-refractivity contribution in [2.45, 2.75) is 159 Å². The molecule has 4 heterocycles. The molecule has 2 saturated heterocycles. The van der Waals surface area contributed by atoms with Gasteiger partial charge in [0.15, 0.2) is 18.1 Å². The summed E-state index contributed by atoms with van der Waals surface area (Å²) in [5, 5.41) is 27.1. The molecule has 55 heavy (non-hydrogen) atoms. The molecule has 0 saturated carbocycles. The van der Waals surface area contributed by atoms with E-state index in [0.29, 0.717) is 19.3 Å². The van der Waals surface area contributed by atoms with Gasteiger partial charge in [0.25, 0.3) is 11.5 Å². The van der Waals surface area contributed by atoms with Crippen molar-refractivity contribution in [1.29, 1.82) is 0 Å². The molecule has 0 bridgehead atoms. The van der Waals surface area contributed by atoms with E-state index in [0.717, 1.165) is 48.8 Å². The van der Waals surface area contributed by atoms with Crippen molar-refractivity contribution in [1.82, 2.24) is 20.2 Å². The molecule has 17 heteroatoms. The molecule has 3 aliphatic heterocycles. The first kappa shape index (κ1) is 43.7. The zero-order chi connectivity index (χ0) is 40.2. The highest BCUT2D eigenvalue weighted by molar-refractivity contribution is 5.95. The van der Waals surface area contributed by atoms with E-state index in [1.54, 1.807) is 6.92 Å². The van der Waals surface area contributed by atoms with E-state index in [1.165, 1.54) is 39.0 Å². The number of ether oxygens (including phenoxy) is 4. The minimum atomic E-state index is -1.62. The number of carbonyl (C=O) groups is 4. The Hall–Kier alpha value is -4.06. The maximum absolute atomic E-state index is 13.5. The van der Waals surface area contributed by atoms with Crippen molar-refractivity contribution in [3.63, 3.8) is 0 Å². The van der Waals surface area contributed by atoms with Crippen LogP contribution in [0.3, 0.4) is 0 Å². The molecule has 4 rings (SSSR count). The van der Waals surface area contributed by atoms with E-state index < -0.39 is 96.2 Å². The van der Waals surface area contributed by atoms with Crippen LogP contribution in [-0.4, -0.2) is 99.3 Å². The van der Waals surface area contributed by atoms with Gasteiger partial charge >= 0.3 is 11.7 Å². The third kappa shape index (κ3) is 11.7. The molecular weight excluding hydrogens is 718 g/mol. The summed E-state index contributed by atoms with van der Waals surface area (Å²) in [5.74, 6) is -4.94. The number of unbranched alkanes of at least 4 members (excludes halogenated alkanes) is 7. The van der Waals surface area contributed by atoms with Gasteiger partial charge in [-0.05, 0) is 38.7 Å². The van der Waals surface area contributed by atoms with Crippen molar-refractivity contribution in [3.8, 4) is 0 Å². The Morgan fingerprint density at radius 2 is 1.75 bits per heavy atom. The molecule has 3 aliphatic rings.